The van der Waals surface area contributed by atoms with Crippen LogP contribution in [0.25, 0.3) is 0 Å². The minimum absolute atomic E-state index is 0.0284. The Morgan fingerprint density at radius 1 is 1.21 bits per heavy atom. The first kappa shape index (κ1) is 12.9. The Morgan fingerprint density at radius 2 is 1.95 bits per heavy atom. The molecule has 0 fully saturated rings. The molecule has 0 aliphatic carbocycles. The summed E-state index contributed by atoms with van der Waals surface area (Å²) in [6, 6.07) is 4.33. The zero-order chi connectivity index (χ0) is 14.0. The standard InChI is InChI=1S/C11H8F3N3O2/c12-11(13,14)8-4-5-16-10(17-8)19-7-3-1-2-6(18)9(7)15/h1-5,18H,15H2. The highest BCUT2D eigenvalue weighted by molar-refractivity contribution is 5.62. The van der Waals surface area contributed by atoms with Gasteiger partial charge in [0.15, 0.2) is 11.4 Å². The molecule has 0 atom stereocenters. The molecule has 0 aliphatic rings. The van der Waals surface area contributed by atoms with E-state index in [4.69, 9.17) is 10.5 Å². The maximum atomic E-state index is 12.4. The number of hydrogen-bond acceptors (Lipinski definition) is 5. The molecular weight excluding hydrogens is 263 g/mol. The number of para-hydroxylation sites is 1. The molecule has 0 amide bonds. The largest absolute Gasteiger partial charge is 0.506 e. The quantitative estimate of drug-likeness (QED) is 0.648. The van der Waals surface area contributed by atoms with Gasteiger partial charge in [-0.2, -0.15) is 18.2 Å². The number of alkyl halides is 3. The molecule has 19 heavy (non-hydrogen) atoms. The Bertz CT molecular complexity index is 602. The average Bonchev–Trinajstić information content (AvgIpc) is 2.34. The summed E-state index contributed by atoms with van der Waals surface area (Å²) in [6.07, 6.45) is -3.67. The molecule has 3 N–H and O–H groups in total. The summed E-state index contributed by atoms with van der Waals surface area (Å²) in [5.41, 5.74) is 4.27. The van der Waals surface area contributed by atoms with Crippen molar-refractivity contribution in [2.75, 3.05) is 5.73 Å². The summed E-state index contributed by atoms with van der Waals surface area (Å²) in [4.78, 5) is 6.76. The third kappa shape index (κ3) is 2.84. The van der Waals surface area contributed by atoms with Gasteiger partial charge in [0.05, 0.1) is 0 Å². The number of rotatable bonds is 2. The van der Waals surface area contributed by atoms with Gasteiger partial charge in [-0.25, -0.2) is 4.98 Å². The first-order valence-electron chi connectivity index (χ1n) is 5.03. The van der Waals surface area contributed by atoms with Crippen LogP contribution < -0.4 is 10.5 Å². The fraction of sp³-hybridized carbons (Fsp3) is 0.0909. The summed E-state index contributed by atoms with van der Waals surface area (Å²) < 4.78 is 42.3. The number of benzene rings is 1. The summed E-state index contributed by atoms with van der Waals surface area (Å²) in [6.45, 7) is 0. The topological polar surface area (TPSA) is 81.3 Å². The second kappa shape index (κ2) is 4.63. The van der Waals surface area contributed by atoms with Crippen LogP contribution in [0.1, 0.15) is 5.69 Å². The second-order valence-electron chi connectivity index (χ2n) is 3.51. The molecule has 0 saturated carbocycles. The van der Waals surface area contributed by atoms with Crippen molar-refractivity contribution in [3.05, 3.63) is 36.2 Å². The van der Waals surface area contributed by atoms with Gasteiger partial charge < -0.3 is 15.6 Å². The van der Waals surface area contributed by atoms with E-state index in [1.54, 1.807) is 0 Å². The van der Waals surface area contributed by atoms with E-state index in [1.807, 2.05) is 0 Å². The van der Waals surface area contributed by atoms with Gasteiger partial charge >= 0.3 is 12.2 Å². The average molecular weight is 271 g/mol. The van der Waals surface area contributed by atoms with Gasteiger partial charge in [0.25, 0.3) is 0 Å². The number of hydrogen-bond donors (Lipinski definition) is 2. The fourth-order valence-electron chi connectivity index (χ4n) is 1.27. The van der Waals surface area contributed by atoms with E-state index >= 15 is 0 Å². The predicted molar refractivity (Wildman–Crippen MR) is 59.6 cm³/mol. The molecule has 5 nitrogen and oxygen atoms in total. The minimum atomic E-state index is -4.59. The monoisotopic (exact) mass is 271 g/mol. The molecule has 2 rings (SSSR count). The molecule has 1 aromatic carbocycles. The van der Waals surface area contributed by atoms with Gasteiger partial charge in [0.2, 0.25) is 0 Å². The molecular formula is C11H8F3N3O2. The van der Waals surface area contributed by atoms with Gasteiger partial charge in [-0.1, -0.05) is 6.07 Å². The van der Waals surface area contributed by atoms with Crippen molar-refractivity contribution in [3.8, 4) is 17.5 Å². The predicted octanol–water partition coefficient (Wildman–Crippen LogP) is 2.58. The number of nitrogens with two attached hydrogens (primary N) is 1. The van der Waals surface area contributed by atoms with Crippen molar-refractivity contribution in [2.45, 2.75) is 6.18 Å². The fourth-order valence-corrected chi connectivity index (χ4v) is 1.27. The number of halogens is 3. The molecule has 0 saturated heterocycles. The Labute approximate surface area is 105 Å². The van der Waals surface area contributed by atoms with E-state index in [9.17, 15) is 18.3 Å². The van der Waals surface area contributed by atoms with Crippen molar-refractivity contribution < 1.29 is 23.0 Å². The second-order valence-corrected chi connectivity index (χ2v) is 3.51. The third-order valence-corrected chi connectivity index (χ3v) is 2.17. The van der Waals surface area contributed by atoms with Crippen molar-refractivity contribution in [1.82, 2.24) is 9.97 Å². The van der Waals surface area contributed by atoms with E-state index in [0.717, 1.165) is 12.3 Å². The van der Waals surface area contributed by atoms with E-state index in [0.29, 0.717) is 0 Å². The highest BCUT2D eigenvalue weighted by atomic mass is 19.4. The van der Waals surface area contributed by atoms with E-state index in [2.05, 4.69) is 9.97 Å². The van der Waals surface area contributed by atoms with Crippen LogP contribution in [0.4, 0.5) is 18.9 Å². The van der Waals surface area contributed by atoms with E-state index in [-0.39, 0.29) is 17.2 Å². The van der Waals surface area contributed by atoms with E-state index in [1.165, 1.54) is 18.2 Å². The van der Waals surface area contributed by atoms with Crippen molar-refractivity contribution >= 4 is 5.69 Å². The first-order chi connectivity index (χ1) is 8.88. The van der Waals surface area contributed by atoms with Crippen LogP contribution in [0.3, 0.4) is 0 Å². The normalized spacial score (nSPS) is 11.3. The number of anilines is 1. The van der Waals surface area contributed by atoms with Crippen LogP contribution in [-0.4, -0.2) is 15.1 Å². The molecule has 2 aromatic rings. The smallest absolute Gasteiger partial charge is 0.433 e. The van der Waals surface area contributed by atoms with Crippen molar-refractivity contribution in [1.29, 1.82) is 0 Å². The van der Waals surface area contributed by atoms with Gasteiger partial charge in [0, 0.05) is 6.20 Å². The SMILES string of the molecule is Nc1c(O)cccc1Oc1nccc(C(F)(F)F)n1. The van der Waals surface area contributed by atoms with Gasteiger partial charge in [-0.15, -0.1) is 0 Å². The number of aromatic nitrogens is 2. The number of nitrogens with zero attached hydrogens (tertiary/aromatic N) is 2. The number of ether oxygens (including phenoxy) is 1. The Kier molecular flexibility index (Phi) is 3.16. The maximum absolute atomic E-state index is 12.4. The van der Waals surface area contributed by atoms with Crippen molar-refractivity contribution in [2.24, 2.45) is 0 Å². The van der Waals surface area contributed by atoms with Crippen LogP contribution in [0, 0.1) is 0 Å². The molecule has 1 heterocycles. The summed E-state index contributed by atoms with van der Waals surface area (Å²) in [7, 11) is 0. The highest BCUT2D eigenvalue weighted by Crippen LogP contribution is 2.33. The van der Waals surface area contributed by atoms with Gasteiger partial charge in [0.1, 0.15) is 11.4 Å². The van der Waals surface area contributed by atoms with Crippen molar-refractivity contribution in [3.63, 3.8) is 0 Å². The van der Waals surface area contributed by atoms with Crippen LogP contribution >= 0.6 is 0 Å². The Hall–Kier alpha value is -2.51. The molecule has 1 aromatic heterocycles. The Balaban J connectivity index is 2.31. The Morgan fingerprint density at radius 3 is 2.63 bits per heavy atom. The number of aromatic hydroxyl groups is 1. The maximum Gasteiger partial charge on any atom is 0.433 e. The molecule has 0 unspecified atom stereocenters. The lowest BCUT2D eigenvalue weighted by atomic mass is 10.3. The summed E-state index contributed by atoms with van der Waals surface area (Å²) in [5, 5.41) is 9.34. The highest BCUT2D eigenvalue weighted by Gasteiger charge is 2.33. The van der Waals surface area contributed by atoms with E-state index < -0.39 is 17.9 Å². The van der Waals surface area contributed by atoms with Gasteiger partial charge in [-0.05, 0) is 18.2 Å². The first-order valence-corrected chi connectivity index (χ1v) is 5.03. The lowest BCUT2D eigenvalue weighted by Crippen LogP contribution is -2.09. The molecule has 8 heteroatoms. The molecule has 0 spiro atoms. The number of nitrogen functional groups attached to an aromatic ring is 1. The lowest BCUT2D eigenvalue weighted by Gasteiger charge is -2.09. The number of phenolic OH excluding ortho intramolecular Hbond substituents is 1. The molecule has 0 bridgehead atoms. The molecule has 0 radical (unpaired) electrons. The molecule has 0 aliphatic heterocycles. The summed E-state index contributed by atoms with van der Waals surface area (Å²) in [5.74, 6) is -0.274. The molecule has 100 valence electrons. The third-order valence-electron chi connectivity index (χ3n) is 2.17. The van der Waals surface area contributed by atoms with Crippen LogP contribution in [0.5, 0.6) is 17.5 Å². The summed E-state index contributed by atoms with van der Waals surface area (Å²) >= 11 is 0. The lowest BCUT2D eigenvalue weighted by molar-refractivity contribution is -0.141. The minimum Gasteiger partial charge on any atom is -0.506 e. The van der Waals surface area contributed by atoms with Crippen LogP contribution in [0.2, 0.25) is 0 Å². The van der Waals surface area contributed by atoms with Gasteiger partial charge in [-0.3, -0.25) is 0 Å². The zero-order valence-corrected chi connectivity index (χ0v) is 9.35. The number of phenols is 1. The van der Waals surface area contributed by atoms with Crippen LogP contribution in [-0.2, 0) is 6.18 Å². The van der Waals surface area contributed by atoms with Crippen LogP contribution in [0.15, 0.2) is 30.5 Å². The zero-order valence-electron chi connectivity index (χ0n) is 9.35.